The number of halogens is 1. The van der Waals surface area contributed by atoms with E-state index < -0.39 is 31.7 Å². The SMILES string of the molecule is C=Cc1cc(OCCCS(=O)(=O)[O-])c(Br)cc1OCCCS(=O)(=O)[O-].[Na+].[Na+]. The van der Waals surface area contributed by atoms with Gasteiger partial charge in [-0.2, -0.15) is 0 Å². The Morgan fingerprint density at radius 2 is 1.37 bits per heavy atom. The minimum Gasteiger partial charge on any atom is -0.748 e. The Balaban J connectivity index is 0. The van der Waals surface area contributed by atoms with E-state index in [1.54, 1.807) is 12.1 Å². The van der Waals surface area contributed by atoms with E-state index in [-0.39, 0.29) is 85.2 Å². The van der Waals surface area contributed by atoms with Crippen molar-refractivity contribution in [3.05, 3.63) is 28.7 Å². The maximum atomic E-state index is 10.5. The van der Waals surface area contributed by atoms with Crippen molar-refractivity contribution in [2.75, 3.05) is 24.7 Å². The summed E-state index contributed by atoms with van der Waals surface area (Å²) in [6.45, 7) is 3.72. The zero-order valence-electron chi connectivity index (χ0n) is 15.1. The molecule has 0 atom stereocenters. The molecule has 0 radical (unpaired) electrons. The molecule has 0 aromatic heterocycles. The Morgan fingerprint density at radius 3 is 1.78 bits per heavy atom. The Hall–Kier alpha value is 0.860. The van der Waals surface area contributed by atoms with Gasteiger partial charge in [0, 0.05) is 17.1 Å². The molecule has 0 heterocycles. The summed E-state index contributed by atoms with van der Waals surface area (Å²) < 4.78 is 74.6. The quantitative estimate of drug-likeness (QED) is 0.169. The van der Waals surface area contributed by atoms with Crippen LogP contribution in [-0.2, 0) is 20.2 Å². The van der Waals surface area contributed by atoms with Crippen LogP contribution in [0.25, 0.3) is 6.08 Å². The first-order valence-electron chi connectivity index (χ1n) is 7.10. The summed E-state index contributed by atoms with van der Waals surface area (Å²) in [7, 11) is -8.55. The van der Waals surface area contributed by atoms with Gasteiger partial charge in [-0.3, -0.25) is 0 Å². The average molecular weight is 503 g/mol. The molecule has 0 unspecified atom stereocenters. The van der Waals surface area contributed by atoms with Crippen molar-refractivity contribution in [2.24, 2.45) is 0 Å². The van der Waals surface area contributed by atoms with Crippen molar-refractivity contribution in [2.45, 2.75) is 12.8 Å². The standard InChI is InChI=1S/C14H19BrO8S2.2Na/c1-2-11-9-14(23-6-4-8-25(19,20)21)12(15)10-13(11)22-5-3-7-24(16,17)18;;/h2,9-10H,1,3-8H2,(H,16,17,18)(H,19,20,21);;/q;2*+1/p-2. The van der Waals surface area contributed by atoms with E-state index in [1.165, 1.54) is 6.08 Å². The Labute approximate surface area is 212 Å². The van der Waals surface area contributed by atoms with Gasteiger partial charge in [-0.25, -0.2) is 16.8 Å². The van der Waals surface area contributed by atoms with Gasteiger partial charge in [-0.1, -0.05) is 12.7 Å². The minimum atomic E-state index is -4.28. The molecule has 0 saturated carbocycles. The molecule has 8 nitrogen and oxygen atoms in total. The van der Waals surface area contributed by atoms with E-state index in [2.05, 4.69) is 22.5 Å². The maximum Gasteiger partial charge on any atom is 1.00 e. The molecule has 0 N–H and O–H groups in total. The third-order valence-corrected chi connectivity index (χ3v) is 5.07. The Kier molecular flexibility index (Phi) is 15.5. The van der Waals surface area contributed by atoms with Crippen LogP contribution in [0.15, 0.2) is 23.2 Å². The second kappa shape index (κ2) is 14.0. The van der Waals surface area contributed by atoms with Gasteiger partial charge in [0.05, 0.1) is 37.9 Å². The van der Waals surface area contributed by atoms with Crippen molar-refractivity contribution in [1.29, 1.82) is 0 Å². The Morgan fingerprint density at radius 1 is 0.926 bits per heavy atom. The van der Waals surface area contributed by atoms with Gasteiger partial charge < -0.3 is 18.6 Å². The van der Waals surface area contributed by atoms with Crippen LogP contribution in [0.3, 0.4) is 0 Å². The van der Waals surface area contributed by atoms with Crippen molar-refractivity contribution in [1.82, 2.24) is 0 Å². The number of hydrogen-bond acceptors (Lipinski definition) is 8. The van der Waals surface area contributed by atoms with Crippen molar-refractivity contribution >= 4 is 42.2 Å². The summed E-state index contributed by atoms with van der Waals surface area (Å²) >= 11 is 3.28. The Bertz CT molecular complexity index is 813. The van der Waals surface area contributed by atoms with E-state index in [4.69, 9.17) is 9.47 Å². The number of rotatable bonds is 11. The molecule has 13 heteroatoms. The van der Waals surface area contributed by atoms with Crippen LogP contribution in [0, 0.1) is 0 Å². The van der Waals surface area contributed by atoms with Crippen LogP contribution >= 0.6 is 15.9 Å². The molecular formula is C14H17BrNa2O8S2. The number of ether oxygens (including phenoxy) is 2. The van der Waals surface area contributed by atoms with E-state index >= 15 is 0 Å². The first-order chi connectivity index (χ1) is 11.5. The number of benzene rings is 1. The fourth-order valence-corrected chi connectivity index (χ4v) is 3.16. The van der Waals surface area contributed by atoms with Crippen LogP contribution < -0.4 is 68.6 Å². The average Bonchev–Trinajstić information content (AvgIpc) is 2.47. The first-order valence-corrected chi connectivity index (χ1v) is 11.1. The molecule has 0 fully saturated rings. The van der Waals surface area contributed by atoms with Gasteiger partial charge >= 0.3 is 59.1 Å². The molecule has 142 valence electrons. The summed E-state index contributed by atoms with van der Waals surface area (Å²) in [6, 6.07) is 3.19. The number of hydrogen-bond donors (Lipinski definition) is 0. The smallest absolute Gasteiger partial charge is 0.748 e. The summed E-state index contributed by atoms with van der Waals surface area (Å²) in [4.78, 5) is 0. The minimum absolute atomic E-state index is 0. The normalized spacial score (nSPS) is 11.1. The van der Waals surface area contributed by atoms with Crippen LogP contribution in [0.2, 0.25) is 0 Å². The summed E-state index contributed by atoms with van der Waals surface area (Å²) in [5.74, 6) is -0.197. The van der Waals surface area contributed by atoms with Gasteiger partial charge in [-0.05, 0) is 40.9 Å². The molecule has 0 saturated heterocycles. The molecule has 0 amide bonds. The zero-order valence-corrected chi connectivity index (χ0v) is 22.4. The van der Waals surface area contributed by atoms with Gasteiger partial charge in [0.15, 0.2) is 0 Å². The van der Waals surface area contributed by atoms with Crippen LogP contribution in [0.5, 0.6) is 11.5 Å². The van der Waals surface area contributed by atoms with Crippen LogP contribution in [0.4, 0.5) is 0 Å². The van der Waals surface area contributed by atoms with Gasteiger partial charge in [0.2, 0.25) is 0 Å². The first kappa shape index (κ1) is 30.1. The third kappa shape index (κ3) is 13.7. The van der Waals surface area contributed by atoms with Crippen molar-refractivity contribution < 1.29 is 94.5 Å². The zero-order chi connectivity index (χ0) is 19.1. The molecule has 27 heavy (non-hydrogen) atoms. The summed E-state index contributed by atoms with van der Waals surface area (Å²) in [5, 5.41) is 0. The second-order valence-electron chi connectivity index (χ2n) is 4.95. The van der Waals surface area contributed by atoms with E-state index in [0.29, 0.717) is 21.5 Å². The fraction of sp³-hybridized carbons (Fsp3) is 0.429. The summed E-state index contributed by atoms with van der Waals surface area (Å²) in [6.07, 6.45) is 1.62. The molecule has 0 aliphatic rings. The largest absolute Gasteiger partial charge is 1.00 e. The second-order valence-corrected chi connectivity index (χ2v) is 8.85. The molecule has 0 aliphatic carbocycles. The summed E-state index contributed by atoms with van der Waals surface area (Å²) in [5.41, 5.74) is 0.569. The molecular weight excluding hydrogens is 486 g/mol. The van der Waals surface area contributed by atoms with Gasteiger partial charge in [0.25, 0.3) is 0 Å². The van der Waals surface area contributed by atoms with E-state index in [9.17, 15) is 25.9 Å². The monoisotopic (exact) mass is 502 g/mol. The molecule has 1 aromatic rings. The van der Waals surface area contributed by atoms with E-state index in [0.717, 1.165) is 0 Å². The van der Waals surface area contributed by atoms with Crippen LogP contribution in [-0.4, -0.2) is 50.7 Å². The molecule has 1 aromatic carbocycles. The van der Waals surface area contributed by atoms with Crippen molar-refractivity contribution in [3.63, 3.8) is 0 Å². The maximum absolute atomic E-state index is 10.5. The van der Waals surface area contributed by atoms with Crippen molar-refractivity contribution in [3.8, 4) is 11.5 Å². The fourth-order valence-electron chi connectivity index (χ4n) is 1.78. The topological polar surface area (TPSA) is 133 Å². The van der Waals surface area contributed by atoms with Gasteiger partial charge in [0.1, 0.15) is 11.5 Å². The molecule has 1 rings (SSSR count). The molecule has 0 aliphatic heterocycles. The van der Waals surface area contributed by atoms with E-state index in [1.807, 2.05) is 0 Å². The van der Waals surface area contributed by atoms with Crippen LogP contribution in [0.1, 0.15) is 18.4 Å². The predicted molar refractivity (Wildman–Crippen MR) is 93.6 cm³/mol. The molecule has 0 bridgehead atoms. The molecule has 0 spiro atoms. The van der Waals surface area contributed by atoms with Gasteiger partial charge in [-0.15, -0.1) is 0 Å². The third-order valence-electron chi connectivity index (χ3n) is 2.88. The predicted octanol–water partition coefficient (Wildman–Crippen LogP) is -4.27.